The van der Waals surface area contributed by atoms with Crippen LogP contribution in [0.1, 0.15) is 50.4 Å². The molecule has 1 aromatic heterocycles. The van der Waals surface area contributed by atoms with E-state index in [1.807, 2.05) is 65.6 Å². The minimum atomic E-state index is -0.322. The van der Waals surface area contributed by atoms with Gasteiger partial charge < -0.3 is 5.32 Å². The molecule has 6 heteroatoms. The van der Waals surface area contributed by atoms with Gasteiger partial charge in [-0.3, -0.25) is 14.5 Å². The molecule has 0 spiro atoms. The molecule has 2 aromatic carbocycles. The molecule has 0 saturated heterocycles. The molecule has 158 valence electrons. The summed E-state index contributed by atoms with van der Waals surface area (Å²) in [4.78, 5) is 29.7. The lowest BCUT2D eigenvalue weighted by Crippen LogP contribution is -2.47. The first-order chi connectivity index (χ1) is 15.2. The summed E-state index contributed by atoms with van der Waals surface area (Å²) >= 11 is 3.20. The van der Waals surface area contributed by atoms with Crippen molar-refractivity contribution < 1.29 is 9.59 Å². The number of thioether (sulfide) groups is 1. The molecule has 1 aliphatic heterocycles. The van der Waals surface area contributed by atoms with E-state index in [1.165, 1.54) is 35.0 Å². The maximum atomic E-state index is 13.8. The first kappa shape index (κ1) is 20.3. The maximum absolute atomic E-state index is 13.8. The fourth-order valence-electron chi connectivity index (χ4n) is 4.29. The van der Waals surface area contributed by atoms with Crippen molar-refractivity contribution in [3.05, 3.63) is 82.2 Å². The lowest BCUT2D eigenvalue weighted by atomic mass is 10.0. The van der Waals surface area contributed by atoms with Gasteiger partial charge in [-0.25, -0.2) is 0 Å². The first-order valence-corrected chi connectivity index (χ1v) is 12.6. The third-order valence-electron chi connectivity index (χ3n) is 5.85. The van der Waals surface area contributed by atoms with E-state index in [4.69, 9.17) is 0 Å². The van der Waals surface area contributed by atoms with Gasteiger partial charge in [0.15, 0.2) is 11.3 Å². The highest BCUT2D eigenvalue weighted by atomic mass is 32.2. The van der Waals surface area contributed by atoms with Gasteiger partial charge in [-0.15, -0.1) is 23.1 Å². The fourth-order valence-corrected chi connectivity index (χ4v) is 6.72. The van der Waals surface area contributed by atoms with Gasteiger partial charge >= 0.3 is 0 Å². The molecule has 4 nitrogen and oxygen atoms in total. The molecule has 2 aliphatic rings. The Bertz CT molecular complexity index is 1100. The molecule has 0 radical (unpaired) electrons. The van der Waals surface area contributed by atoms with Gasteiger partial charge in [-0.1, -0.05) is 55.0 Å². The molecule has 2 heterocycles. The second-order valence-corrected chi connectivity index (χ2v) is 10.0. The van der Waals surface area contributed by atoms with Gasteiger partial charge in [0.1, 0.15) is 5.00 Å². The average Bonchev–Trinajstić information content (AvgIpc) is 3.00. The molecular formula is C25H24N2O2S2. The van der Waals surface area contributed by atoms with Crippen molar-refractivity contribution in [2.75, 3.05) is 16.0 Å². The second-order valence-electron chi connectivity index (χ2n) is 7.88. The standard InChI is InChI=1S/C25H24N2O2S2/c28-20(17-10-4-1-5-11-17)16-30-25-26-23-22(19-14-8-3-9-15-21(19)31-23)24(29)27(25)18-12-6-2-7-13-18/h1-2,4-7,10-13,25-26H,3,8-9,14-16H2/t25-/m1/s1. The van der Waals surface area contributed by atoms with Gasteiger partial charge in [0.05, 0.1) is 11.3 Å². The van der Waals surface area contributed by atoms with Gasteiger partial charge in [0.2, 0.25) is 0 Å². The smallest absolute Gasteiger partial charge is 0.263 e. The molecule has 5 rings (SSSR count). The number of thiophene rings is 1. The van der Waals surface area contributed by atoms with Crippen molar-refractivity contribution in [1.82, 2.24) is 0 Å². The number of amides is 1. The number of carbonyl (C=O) groups excluding carboxylic acids is 2. The minimum absolute atomic E-state index is 0.0454. The van der Waals surface area contributed by atoms with E-state index >= 15 is 0 Å². The molecule has 1 aliphatic carbocycles. The number of aryl methyl sites for hydroxylation is 1. The number of fused-ring (bicyclic) bond motifs is 3. The topological polar surface area (TPSA) is 49.4 Å². The van der Waals surface area contributed by atoms with Crippen LogP contribution in [0.4, 0.5) is 10.7 Å². The van der Waals surface area contributed by atoms with E-state index in [0.29, 0.717) is 11.3 Å². The Morgan fingerprint density at radius 1 is 1.00 bits per heavy atom. The average molecular weight is 449 g/mol. The van der Waals surface area contributed by atoms with Crippen LogP contribution in [0.2, 0.25) is 0 Å². The van der Waals surface area contributed by atoms with E-state index in [0.717, 1.165) is 35.5 Å². The number of hydrogen-bond donors (Lipinski definition) is 1. The van der Waals surface area contributed by atoms with E-state index in [-0.39, 0.29) is 17.2 Å². The number of para-hydroxylation sites is 1. The SMILES string of the molecule is O=C(CS[C@@H]1Nc2sc3c(c2C(=O)N1c1ccccc1)CCCCC3)c1ccccc1. The van der Waals surface area contributed by atoms with Crippen LogP contribution < -0.4 is 10.2 Å². The minimum Gasteiger partial charge on any atom is -0.347 e. The quantitative estimate of drug-likeness (QED) is 0.385. The Balaban J connectivity index is 1.46. The molecule has 0 bridgehead atoms. The zero-order valence-corrected chi connectivity index (χ0v) is 18.8. The molecule has 3 aromatic rings. The molecule has 0 saturated carbocycles. The summed E-state index contributed by atoms with van der Waals surface area (Å²) in [6.45, 7) is 0. The first-order valence-electron chi connectivity index (χ1n) is 10.7. The van der Waals surface area contributed by atoms with Crippen LogP contribution in [-0.2, 0) is 12.8 Å². The molecule has 0 unspecified atom stereocenters. The Labute approximate surface area is 190 Å². The van der Waals surface area contributed by atoms with Gasteiger partial charge in [-0.2, -0.15) is 0 Å². The summed E-state index contributed by atoms with van der Waals surface area (Å²) in [5.41, 5.74) is 3.31. The van der Waals surface area contributed by atoms with Crippen LogP contribution in [0.25, 0.3) is 0 Å². The number of Topliss-reactive ketones (excluding diaryl/α,β-unsaturated/α-hetero) is 1. The van der Waals surface area contributed by atoms with Crippen molar-refractivity contribution in [1.29, 1.82) is 0 Å². The van der Waals surface area contributed by atoms with Gasteiger partial charge in [-0.05, 0) is 43.4 Å². The van der Waals surface area contributed by atoms with E-state index < -0.39 is 0 Å². The predicted molar refractivity (Wildman–Crippen MR) is 129 cm³/mol. The second kappa shape index (κ2) is 8.89. The molecule has 1 atom stereocenters. The Morgan fingerprint density at radius 2 is 1.71 bits per heavy atom. The van der Waals surface area contributed by atoms with Crippen molar-refractivity contribution in [2.45, 2.75) is 37.6 Å². The summed E-state index contributed by atoms with van der Waals surface area (Å²) in [7, 11) is 0. The number of carbonyl (C=O) groups is 2. The van der Waals surface area contributed by atoms with Crippen molar-refractivity contribution >= 4 is 45.5 Å². The lowest BCUT2D eigenvalue weighted by molar-refractivity contribution is 0.0979. The summed E-state index contributed by atoms with van der Waals surface area (Å²) in [6, 6.07) is 19.1. The van der Waals surface area contributed by atoms with E-state index in [9.17, 15) is 9.59 Å². The third-order valence-corrected chi connectivity index (χ3v) is 8.14. The van der Waals surface area contributed by atoms with Crippen LogP contribution in [0.3, 0.4) is 0 Å². The molecule has 1 amide bonds. The van der Waals surface area contributed by atoms with Crippen molar-refractivity contribution in [3.8, 4) is 0 Å². The normalized spacial score (nSPS) is 18.0. The molecule has 0 fully saturated rings. The highest BCUT2D eigenvalue weighted by Gasteiger charge is 2.38. The van der Waals surface area contributed by atoms with Crippen LogP contribution in [0.5, 0.6) is 0 Å². The van der Waals surface area contributed by atoms with Crippen LogP contribution in [0, 0.1) is 0 Å². The summed E-state index contributed by atoms with van der Waals surface area (Å²) in [5.74, 6) is 0.420. The number of rotatable bonds is 5. The maximum Gasteiger partial charge on any atom is 0.263 e. The zero-order chi connectivity index (χ0) is 21.2. The predicted octanol–water partition coefficient (Wildman–Crippen LogP) is 5.99. The highest BCUT2D eigenvalue weighted by Crippen LogP contribution is 2.43. The van der Waals surface area contributed by atoms with Crippen molar-refractivity contribution in [2.24, 2.45) is 0 Å². The number of hydrogen-bond acceptors (Lipinski definition) is 5. The third kappa shape index (κ3) is 4.02. The van der Waals surface area contributed by atoms with Gasteiger partial charge in [0.25, 0.3) is 5.91 Å². The molecule has 31 heavy (non-hydrogen) atoms. The monoisotopic (exact) mass is 448 g/mol. The summed E-state index contributed by atoms with van der Waals surface area (Å²) in [6.07, 6.45) is 5.57. The van der Waals surface area contributed by atoms with E-state index in [1.54, 1.807) is 11.3 Å². The van der Waals surface area contributed by atoms with Crippen molar-refractivity contribution in [3.63, 3.8) is 0 Å². The zero-order valence-electron chi connectivity index (χ0n) is 17.2. The Morgan fingerprint density at radius 3 is 2.48 bits per heavy atom. The summed E-state index contributed by atoms with van der Waals surface area (Å²) < 4.78 is 0. The van der Waals surface area contributed by atoms with E-state index in [2.05, 4.69) is 5.32 Å². The number of nitrogens with zero attached hydrogens (tertiary/aromatic N) is 1. The lowest BCUT2D eigenvalue weighted by Gasteiger charge is -2.36. The fraction of sp³-hybridized carbons (Fsp3) is 0.280. The molecule has 1 N–H and O–H groups in total. The Hall–Kier alpha value is -2.57. The van der Waals surface area contributed by atoms with Gasteiger partial charge in [0, 0.05) is 16.1 Å². The summed E-state index contributed by atoms with van der Waals surface area (Å²) in [5, 5.41) is 4.56. The Kier molecular flexibility index (Phi) is 5.83. The number of nitrogens with one attached hydrogen (secondary N) is 1. The number of ketones is 1. The number of benzene rings is 2. The largest absolute Gasteiger partial charge is 0.347 e. The van der Waals surface area contributed by atoms with Crippen LogP contribution >= 0.6 is 23.1 Å². The number of anilines is 2. The molecular weight excluding hydrogens is 424 g/mol. The van der Waals surface area contributed by atoms with Crippen LogP contribution in [-0.4, -0.2) is 22.9 Å². The highest BCUT2D eigenvalue weighted by molar-refractivity contribution is 8.00. The van der Waals surface area contributed by atoms with Crippen LogP contribution in [0.15, 0.2) is 60.7 Å².